The van der Waals surface area contributed by atoms with Crippen LogP contribution in [-0.4, -0.2) is 23.1 Å². The monoisotopic (exact) mass is 375 g/mol. The topological polar surface area (TPSA) is 53.1 Å². The zero-order valence-corrected chi connectivity index (χ0v) is 17.2. The highest BCUT2D eigenvalue weighted by molar-refractivity contribution is 5.64. The van der Waals surface area contributed by atoms with Crippen LogP contribution in [0.5, 0.6) is 0 Å². The van der Waals surface area contributed by atoms with Crippen LogP contribution in [0.25, 0.3) is 0 Å². The van der Waals surface area contributed by atoms with Crippen molar-refractivity contribution in [1.82, 2.24) is 9.97 Å². The van der Waals surface area contributed by atoms with Gasteiger partial charge in [0.05, 0.1) is 0 Å². The van der Waals surface area contributed by atoms with Gasteiger partial charge in [-0.25, -0.2) is 4.98 Å². The molecule has 1 heterocycles. The smallest absolute Gasteiger partial charge is 0.229 e. The summed E-state index contributed by atoms with van der Waals surface area (Å²) in [5.41, 5.74) is 5.58. The average Bonchev–Trinajstić information content (AvgIpc) is 2.70. The van der Waals surface area contributed by atoms with E-state index in [9.17, 15) is 0 Å². The maximum absolute atomic E-state index is 4.63. The van der Waals surface area contributed by atoms with Gasteiger partial charge in [-0.05, 0) is 57.0 Å². The number of rotatable bonds is 8. The number of hydrogen-bond acceptors (Lipinski definition) is 5. The van der Waals surface area contributed by atoms with Crippen molar-refractivity contribution in [2.45, 2.75) is 34.2 Å². The van der Waals surface area contributed by atoms with Gasteiger partial charge in [-0.2, -0.15) is 4.98 Å². The highest BCUT2D eigenvalue weighted by atomic mass is 15.1. The van der Waals surface area contributed by atoms with E-state index >= 15 is 0 Å². The molecule has 0 aliphatic carbocycles. The van der Waals surface area contributed by atoms with E-state index in [0.717, 1.165) is 36.8 Å². The molecule has 0 amide bonds. The van der Waals surface area contributed by atoms with Gasteiger partial charge in [0.1, 0.15) is 5.82 Å². The summed E-state index contributed by atoms with van der Waals surface area (Å²) in [5.74, 6) is 1.42. The van der Waals surface area contributed by atoms with Crippen molar-refractivity contribution in [3.8, 4) is 0 Å². The second-order valence-corrected chi connectivity index (χ2v) is 6.85. The summed E-state index contributed by atoms with van der Waals surface area (Å²) in [6.45, 7) is 11.2. The summed E-state index contributed by atoms with van der Waals surface area (Å²) < 4.78 is 0. The van der Waals surface area contributed by atoms with Gasteiger partial charge in [0.2, 0.25) is 5.95 Å². The van der Waals surface area contributed by atoms with Crippen LogP contribution in [0.15, 0.2) is 54.6 Å². The van der Waals surface area contributed by atoms with Crippen molar-refractivity contribution >= 4 is 23.1 Å². The SMILES string of the molecule is CCN(CC)c1ccc(Nc2nc(C)cc(NCc3ccccc3)n2)c(C)c1. The molecule has 5 nitrogen and oxygen atoms in total. The first-order chi connectivity index (χ1) is 13.6. The molecule has 146 valence electrons. The molecule has 0 saturated carbocycles. The number of benzene rings is 2. The predicted octanol–water partition coefficient (Wildman–Crippen LogP) is 5.30. The molecule has 0 radical (unpaired) electrons. The van der Waals surface area contributed by atoms with Gasteiger partial charge in [-0.15, -0.1) is 0 Å². The van der Waals surface area contributed by atoms with Gasteiger partial charge in [0, 0.05) is 42.8 Å². The van der Waals surface area contributed by atoms with Crippen LogP contribution in [0.2, 0.25) is 0 Å². The maximum atomic E-state index is 4.63. The Morgan fingerprint density at radius 1 is 0.893 bits per heavy atom. The van der Waals surface area contributed by atoms with Gasteiger partial charge in [-0.3, -0.25) is 0 Å². The first-order valence-electron chi connectivity index (χ1n) is 9.85. The third-order valence-electron chi connectivity index (χ3n) is 4.76. The van der Waals surface area contributed by atoms with Crippen LogP contribution in [0.4, 0.5) is 23.1 Å². The normalized spacial score (nSPS) is 10.6. The average molecular weight is 376 g/mol. The fourth-order valence-electron chi connectivity index (χ4n) is 3.20. The molecule has 0 saturated heterocycles. The third-order valence-corrected chi connectivity index (χ3v) is 4.76. The van der Waals surface area contributed by atoms with Crippen LogP contribution in [0.3, 0.4) is 0 Å². The van der Waals surface area contributed by atoms with E-state index in [-0.39, 0.29) is 0 Å². The number of anilines is 4. The Labute approximate surface area is 167 Å². The van der Waals surface area contributed by atoms with Crippen molar-refractivity contribution in [1.29, 1.82) is 0 Å². The van der Waals surface area contributed by atoms with E-state index in [0.29, 0.717) is 5.95 Å². The first kappa shape index (κ1) is 19.7. The quantitative estimate of drug-likeness (QED) is 0.560. The summed E-state index contributed by atoms with van der Waals surface area (Å²) in [7, 11) is 0. The lowest BCUT2D eigenvalue weighted by molar-refractivity contribution is 0.866. The molecule has 5 heteroatoms. The molecule has 3 rings (SSSR count). The molecular weight excluding hydrogens is 346 g/mol. The van der Waals surface area contributed by atoms with E-state index in [1.165, 1.54) is 16.8 Å². The molecule has 3 aromatic rings. The van der Waals surface area contributed by atoms with Crippen LogP contribution in [0, 0.1) is 13.8 Å². The van der Waals surface area contributed by atoms with Crippen molar-refractivity contribution in [3.05, 3.63) is 71.4 Å². The fourth-order valence-corrected chi connectivity index (χ4v) is 3.20. The molecule has 0 aliphatic heterocycles. The van der Waals surface area contributed by atoms with Crippen molar-refractivity contribution in [3.63, 3.8) is 0 Å². The Morgan fingerprint density at radius 3 is 2.32 bits per heavy atom. The van der Waals surface area contributed by atoms with E-state index in [4.69, 9.17) is 0 Å². The Bertz CT molecular complexity index is 904. The Kier molecular flexibility index (Phi) is 6.48. The zero-order valence-electron chi connectivity index (χ0n) is 17.2. The summed E-state index contributed by atoms with van der Waals surface area (Å²) >= 11 is 0. The number of aryl methyl sites for hydroxylation is 2. The Morgan fingerprint density at radius 2 is 1.64 bits per heavy atom. The lowest BCUT2D eigenvalue weighted by Crippen LogP contribution is -2.21. The van der Waals surface area contributed by atoms with E-state index in [1.807, 2.05) is 31.2 Å². The van der Waals surface area contributed by atoms with Gasteiger partial charge >= 0.3 is 0 Å². The molecule has 0 aliphatic rings. The molecule has 1 aromatic heterocycles. The largest absolute Gasteiger partial charge is 0.372 e. The molecular formula is C23H29N5. The molecule has 0 unspecified atom stereocenters. The van der Waals surface area contributed by atoms with Gasteiger partial charge < -0.3 is 15.5 Å². The molecule has 0 spiro atoms. The summed E-state index contributed by atoms with van der Waals surface area (Å²) in [5, 5.41) is 6.76. The summed E-state index contributed by atoms with van der Waals surface area (Å²) in [6, 6.07) is 18.7. The predicted molar refractivity (Wildman–Crippen MR) is 119 cm³/mol. The third kappa shape index (κ3) is 5.00. The fraction of sp³-hybridized carbons (Fsp3) is 0.304. The minimum Gasteiger partial charge on any atom is -0.372 e. The molecule has 2 N–H and O–H groups in total. The standard InChI is InChI=1S/C23H29N5/c1-5-28(6-2)20-12-13-21(17(3)14-20)26-23-25-18(4)15-22(27-23)24-16-19-10-8-7-9-11-19/h7-15H,5-6,16H2,1-4H3,(H2,24,25,26,27). The summed E-state index contributed by atoms with van der Waals surface area (Å²) in [4.78, 5) is 11.5. The van der Waals surface area contributed by atoms with E-state index in [2.05, 4.69) is 76.6 Å². The van der Waals surface area contributed by atoms with Gasteiger partial charge in [-0.1, -0.05) is 30.3 Å². The molecule has 0 bridgehead atoms. The second kappa shape index (κ2) is 9.22. The van der Waals surface area contributed by atoms with Crippen LogP contribution < -0.4 is 15.5 Å². The lowest BCUT2D eigenvalue weighted by Gasteiger charge is -2.22. The lowest BCUT2D eigenvalue weighted by atomic mass is 10.1. The second-order valence-electron chi connectivity index (χ2n) is 6.85. The highest BCUT2D eigenvalue weighted by Crippen LogP contribution is 2.25. The Hall–Kier alpha value is -3.08. The van der Waals surface area contributed by atoms with Crippen molar-refractivity contribution in [2.75, 3.05) is 28.6 Å². The van der Waals surface area contributed by atoms with E-state index < -0.39 is 0 Å². The molecule has 0 atom stereocenters. The number of nitrogens with one attached hydrogen (secondary N) is 2. The molecule has 28 heavy (non-hydrogen) atoms. The minimum absolute atomic E-state index is 0.606. The van der Waals surface area contributed by atoms with Gasteiger partial charge in [0.15, 0.2) is 0 Å². The summed E-state index contributed by atoms with van der Waals surface area (Å²) in [6.07, 6.45) is 0. The number of hydrogen-bond donors (Lipinski definition) is 2. The van der Waals surface area contributed by atoms with Crippen LogP contribution in [0.1, 0.15) is 30.7 Å². The molecule has 0 fully saturated rings. The molecule has 2 aromatic carbocycles. The maximum Gasteiger partial charge on any atom is 0.229 e. The first-order valence-corrected chi connectivity index (χ1v) is 9.85. The zero-order chi connectivity index (χ0) is 19.9. The van der Waals surface area contributed by atoms with E-state index in [1.54, 1.807) is 0 Å². The van der Waals surface area contributed by atoms with Crippen molar-refractivity contribution < 1.29 is 0 Å². The number of aromatic nitrogens is 2. The van der Waals surface area contributed by atoms with Crippen molar-refractivity contribution in [2.24, 2.45) is 0 Å². The number of nitrogens with zero attached hydrogens (tertiary/aromatic N) is 3. The van der Waals surface area contributed by atoms with Crippen LogP contribution >= 0.6 is 0 Å². The minimum atomic E-state index is 0.606. The Balaban J connectivity index is 1.74. The van der Waals surface area contributed by atoms with Gasteiger partial charge in [0.25, 0.3) is 0 Å². The highest BCUT2D eigenvalue weighted by Gasteiger charge is 2.08. The van der Waals surface area contributed by atoms with Crippen LogP contribution in [-0.2, 0) is 6.54 Å².